The van der Waals surface area contributed by atoms with Gasteiger partial charge in [0.05, 0.1) is 11.2 Å². The molecule has 3 rings (SSSR count). The molecule has 0 unspecified atom stereocenters. The molecule has 2 aromatic carbocycles. The lowest BCUT2D eigenvalue weighted by molar-refractivity contribution is 0.0918. The third kappa shape index (κ3) is 2.27. The molecule has 0 amide bonds. The number of ketones is 1. The number of nitrogens with zero attached hydrogens (tertiary/aromatic N) is 1. The molecule has 3 heteroatoms. The third-order valence-corrected chi connectivity index (χ3v) is 3.57. The van der Waals surface area contributed by atoms with Gasteiger partial charge in [0.1, 0.15) is 0 Å². The van der Waals surface area contributed by atoms with Crippen LogP contribution >= 0.6 is 0 Å². The Morgan fingerprint density at radius 1 is 0.952 bits per heavy atom. The van der Waals surface area contributed by atoms with Gasteiger partial charge in [0.25, 0.3) is 0 Å². The van der Waals surface area contributed by atoms with E-state index in [4.69, 9.17) is 0 Å². The minimum atomic E-state index is -0.160. The smallest absolute Gasteiger partial charge is 0.228 e. The Bertz CT molecular complexity index is 841. The highest BCUT2D eigenvalue weighted by atomic mass is 16.2. The van der Waals surface area contributed by atoms with Crippen LogP contribution in [0.4, 0.5) is 0 Å². The highest BCUT2D eigenvalue weighted by Crippen LogP contribution is 2.22. The Kier molecular flexibility index (Phi) is 3.18. The molecule has 0 aliphatic carbocycles. The third-order valence-electron chi connectivity index (χ3n) is 3.57. The van der Waals surface area contributed by atoms with E-state index in [0.717, 1.165) is 16.5 Å². The zero-order valence-electron chi connectivity index (χ0n) is 12.0. The number of carbonyl (C=O) groups is 2. The molecule has 21 heavy (non-hydrogen) atoms. The summed E-state index contributed by atoms with van der Waals surface area (Å²) in [4.78, 5) is 24.6. The van der Waals surface area contributed by atoms with Crippen molar-refractivity contribution >= 4 is 22.6 Å². The number of fused-ring (bicyclic) bond motifs is 1. The number of hydrogen-bond donors (Lipinski definition) is 0. The monoisotopic (exact) mass is 277 g/mol. The number of para-hydroxylation sites is 1. The summed E-state index contributed by atoms with van der Waals surface area (Å²) in [6.45, 7) is 3.44. The quantitative estimate of drug-likeness (QED) is 0.667. The summed E-state index contributed by atoms with van der Waals surface area (Å²) in [6, 6.07) is 16.7. The number of hydrogen-bond acceptors (Lipinski definition) is 2. The molecule has 104 valence electrons. The van der Waals surface area contributed by atoms with E-state index in [0.29, 0.717) is 11.3 Å². The molecular formula is C18H15NO2. The molecule has 1 heterocycles. The summed E-state index contributed by atoms with van der Waals surface area (Å²) < 4.78 is 1.48. The molecule has 0 N–H and O–H groups in total. The van der Waals surface area contributed by atoms with E-state index in [1.807, 2.05) is 43.3 Å². The molecule has 0 fully saturated rings. The van der Waals surface area contributed by atoms with Gasteiger partial charge in [-0.2, -0.15) is 0 Å². The average Bonchev–Trinajstić information content (AvgIpc) is 2.86. The van der Waals surface area contributed by atoms with E-state index in [1.54, 1.807) is 18.2 Å². The lowest BCUT2D eigenvalue weighted by Crippen LogP contribution is -2.14. The van der Waals surface area contributed by atoms with Gasteiger partial charge in [-0.3, -0.25) is 14.2 Å². The van der Waals surface area contributed by atoms with Gasteiger partial charge in [-0.25, -0.2) is 0 Å². The lowest BCUT2D eigenvalue weighted by atomic mass is 10.1. The van der Waals surface area contributed by atoms with Gasteiger partial charge in [-0.05, 0) is 19.1 Å². The van der Waals surface area contributed by atoms with Crippen LogP contribution < -0.4 is 0 Å². The fourth-order valence-electron chi connectivity index (χ4n) is 2.51. The van der Waals surface area contributed by atoms with Gasteiger partial charge < -0.3 is 0 Å². The molecule has 0 radical (unpaired) electrons. The Labute approximate surface area is 122 Å². The van der Waals surface area contributed by atoms with E-state index >= 15 is 0 Å². The molecular weight excluding hydrogens is 262 g/mol. The summed E-state index contributed by atoms with van der Waals surface area (Å²) in [5.41, 5.74) is 2.86. The Morgan fingerprint density at radius 3 is 2.29 bits per heavy atom. The van der Waals surface area contributed by atoms with Crippen LogP contribution in [0.15, 0.2) is 54.6 Å². The summed E-state index contributed by atoms with van der Waals surface area (Å²) in [5.74, 6) is -0.298. The molecule has 0 saturated carbocycles. The van der Waals surface area contributed by atoms with Gasteiger partial charge in [0.2, 0.25) is 11.7 Å². The first-order chi connectivity index (χ1) is 10.1. The maximum absolute atomic E-state index is 12.7. The van der Waals surface area contributed by atoms with E-state index in [2.05, 4.69) is 0 Å². The maximum Gasteiger partial charge on any atom is 0.228 e. The summed E-state index contributed by atoms with van der Waals surface area (Å²) in [5, 5.41) is 0.892. The van der Waals surface area contributed by atoms with Crippen LogP contribution in [-0.2, 0) is 0 Å². The van der Waals surface area contributed by atoms with Crippen molar-refractivity contribution in [3.8, 4) is 0 Å². The minimum Gasteiger partial charge on any atom is -0.287 e. The van der Waals surface area contributed by atoms with E-state index in [1.165, 1.54) is 11.5 Å². The van der Waals surface area contributed by atoms with Gasteiger partial charge in [0, 0.05) is 17.9 Å². The first-order valence-electron chi connectivity index (χ1n) is 6.81. The molecule has 3 nitrogen and oxygen atoms in total. The van der Waals surface area contributed by atoms with Gasteiger partial charge in [0.15, 0.2) is 0 Å². The fourth-order valence-corrected chi connectivity index (χ4v) is 2.51. The topological polar surface area (TPSA) is 39.1 Å². The van der Waals surface area contributed by atoms with Crippen molar-refractivity contribution in [2.75, 3.05) is 0 Å². The maximum atomic E-state index is 12.7. The van der Waals surface area contributed by atoms with E-state index < -0.39 is 0 Å². The number of rotatable bonds is 2. The molecule has 1 aromatic heterocycles. The highest BCUT2D eigenvalue weighted by Gasteiger charge is 2.19. The van der Waals surface area contributed by atoms with Crippen LogP contribution in [0.25, 0.3) is 10.9 Å². The predicted molar refractivity (Wildman–Crippen MR) is 82.9 cm³/mol. The van der Waals surface area contributed by atoms with Crippen LogP contribution in [0.1, 0.15) is 33.3 Å². The van der Waals surface area contributed by atoms with Crippen molar-refractivity contribution < 1.29 is 9.59 Å². The van der Waals surface area contributed by atoms with Crippen molar-refractivity contribution in [3.05, 3.63) is 71.4 Å². The van der Waals surface area contributed by atoms with Crippen molar-refractivity contribution in [2.45, 2.75) is 13.8 Å². The van der Waals surface area contributed by atoms with E-state index in [-0.39, 0.29) is 11.7 Å². The summed E-state index contributed by atoms with van der Waals surface area (Å²) in [7, 11) is 0. The van der Waals surface area contributed by atoms with Crippen molar-refractivity contribution in [2.24, 2.45) is 0 Å². The molecule has 3 aromatic rings. The molecule has 0 aliphatic rings. The molecule has 0 aliphatic heterocycles. The van der Waals surface area contributed by atoms with Crippen LogP contribution in [0, 0.1) is 6.92 Å². The summed E-state index contributed by atoms with van der Waals surface area (Å²) >= 11 is 0. The average molecular weight is 277 g/mol. The highest BCUT2D eigenvalue weighted by molar-refractivity contribution is 6.13. The summed E-state index contributed by atoms with van der Waals surface area (Å²) in [6.07, 6.45) is 0. The predicted octanol–water partition coefficient (Wildman–Crippen LogP) is 3.84. The van der Waals surface area contributed by atoms with Crippen LogP contribution in [0.5, 0.6) is 0 Å². The van der Waals surface area contributed by atoms with Crippen LogP contribution in [-0.4, -0.2) is 16.3 Å². The van der Waals surface area contributed by atoms with Gasteiger partial charge in [-0.15, -0.1) is 0 Å². The number of aryl methyl sites for hydroxylation is 1. The molecule has 0 atom stereocenters. The number of carbonyl (C=O) groups excluding carboxylic acids is 2. The van der Waals surface area contributed by atoms with Crippen molar-refractivity contribution in [1.29, 1.82) is 0 Å². The molecule has 0 bridgehead atoms. The minimum absolute atomic E-state index is 0.138. The van der Waals surface area contributed by atoms with Crippen LogP contribution in [0.2, 0.25) is 0 Å². The van der Waals surface area contributed by atoms with Gasteiger partial charge in [-0.1, -0.05) is 48.0 Å². The first kappa shape index (κ1) is 13.3. The second-order valence-electron chi connectivity index (χ2n) is 5.14. The molecule has 0 spiro atoms. The largest absolute Gasteiger partial charge is 0.287 e. The SMILES string of the molecule is CC(=O)n1c(C(=O)c2ccc(C)cc2)cc2ccccc21. The standard InChI is InChI=1S/C18H15NO2/c1-12-7-9-14(10-8-12)18(21)17-11-15-5-3-4-6-16(15)19(17)13(2)20/h3-11H,1-2H3. The Balaban J connectivity index is 2.19. The zero-order valence-corrected chi connectivity index (χ0v) is 12.0. The second-order valence-corrected chi connectivity index (χ2v) is 5.14. The van der Waals surface area contributed by atoms with Crippen LogP contribution in [0.3, 0.4) is 0 Å². The van der Waals surface area contributed by atoms with Gasteiger partial charge >= 0.3 is 0 Å². The Morgan fingerprint density at radius 2 is 1.62 bits per heavy atom. The molecule has 0 saturated heterocycles. The fraction of sp³-hybridized carbons (Fsp3) is 0.111. The second kappa shape index (κ2) is 5.02. The van der Waals surface area contributed by atoms with Crippen molar-refractivity contribution in [1.82, 2.24) is 4.57 Å². The first-order valence-corrected chi connectivity index (χ1v) is 6.81. The Hall–Kier alpha value is -2.68. The number of aromatic nitrogens is 1. The number of benzene rings is 2. The van der Waals surface area contributed by atoms with E-state index in [9.17, 15) is 9.59 Å². The lowest BCUT2D eigenvalue weighted by Gasteiger charge is -2.06. The normalized spacial score (nSPS) is 10.8. The zero-order chi connectivity index (χ0) is 15.0. The van der Waals surface area contributed by atoms with Crippen molar-refractivity contribution in [3.63, 3.8) is 0 Å².